The summed E-state index contributed by atoms with van der Waals surface area (Å²) in [5.41, 5.74) is 0.628. The molecule has 0 amide bonds. The van der Waals surface area contributed by atoms with Crippen molar-refractivity contribution in [3.8, 4) is 11.8 Å². The molecule has 4 rings (SSSR count). The highest BCUT2D eigenvalue weighted by molar-refractivity contribution is 7.89. The van der Waals surface area contributed by atoms with E-state index in [0.717, 1.165) is 56.5 Å². The second-order valence-corrected chi connectivity index (χ2v) is 10.6. The zero-order valence-corrected chi connectivity index (χ0v) is 22.7. The van der Waals surface area contributed by atoms with Gasteiger partial charge in [-0.25, -0.2) is 8.42 Å². The summed E-state index contributed by atoms with van der Waals surface area (Å²) >= 11 is 0. The molecule has 10 heteroatoms. The number of piperidine rings is 1. The second kappa shape index (κ2) is 13.8. The molecule has 3 aromatic rings. The predicted molar refractivity (Wildman–Crippen MR) is 147 cm³/mol. The van der Waals surface area contributed by atoms with Crippen molar-refractivity contribution in [3.05, 3.63) is 66.5 Å². The normalized spacial score (nSPS) is 14.6. The maximum atomic E-state index is 13.4. The number of nitrogens with zero attached hydrogens (tertiary/aromatic N) is 4. The Morgan fingerprint density at radius 1 is 1.08 bits per heavy atom. The van der Waals surface area contributed by atoms with Crippen LogP contribution in [0.2, 0.25) is 0 Å². The number of sulfonamides is 1. The Kier molecular flexibility index (Phi) is 11.4. The lowest BCUT2D eigenvalue weighted by Crippen LogP contribution is -2.45. The molecule has 1 aliphatic rings. The number of rotatable bonds is 9. The molecule has 7 nitrogen and oxygen atoms in total. The summed E-state index contributed by atoms with van der Waals surface area (Å²) in [7, 11) is -1.88. The topological polar surface area (TPSA) is 86.5 Å². The van der Waals surface area contributed by atoms with E-state index in [4.69, 9.17) is 10.00 Å². The number of fused-ring (bicyclic) bond motifs is 1. The first-order valence-electron chi connectivity index (χ1n) is 11.6. The van der Waals surface area contributed by atoms with Crippen molar-refractivity contribution in [3.63, 3.8) is 0 Å². The molecule has 0 spiro atoms. The van der Waals surface area contributed by atoms with Crippen molar-refractivity contribution < 1.29 is 13.2 Å². The van der Waals surface area contributed by atoms with Crippen molar-refractivity contribution in [1.82, 2.24) is 14.2 Å². The van der Waals surface area contributed by atoms with E-state index in [9.17, 15) is 8.42 Å². The molecule has 0 aliphatic carbocycles. The third-order valence-electron chi connectivity index (χ3n) is 6.49. The highest BCUT2D eigenvalue weighted by Crippen LogP contribution is 2.28. The fourth-order valence-corrected chi connectivity index (χ4v) is 6.06. The molecule has 0 atom stereocenters. The molecule has 0 unspecified atom stereocenters. The Balaban J connectivity index is 0.00000228. The summed E-state index contributed by atoms with van der Waals surface area (Å²) in [4.78, 5) is 6.86. The number of likely N-dealkylation sites (tertiary alicyclic amines) is 1. The molecule has 2 aromatic carbocycles. The van der Waals surface area contributed by atoms with Gasteiger partial charge in [0.05, 0.1) is 23.1 Å². The van der Waals surface area contributed by atoms with E-state index in [1.807, 2.05) is 18.2 Å². The first-order chi connectivity index (χ1) is 16.5. The first kappa shape index (κ1) is 29.8. The number of pyridine rings is 1. The lowest BCUT2D eigenvalue weighted by molar-refractivity contribution is 0.165. The number of ether oxygens (including phenoxy) is 1. The van der Waals surface area contributed by atoms with E-state index in [2.05, 4.69) is 16.0 Å². The minimum atomic E-state index is -3.59. The molecule has 194 valence electrons. The molecule has 1 aromatic heterocycles. The number of nitriles is 1. The summed E-state index contributed by atoms with van der Waals surface area (Å²) in [6.07, 6.45) is 6.95. The molecular formula is C26H32Cl2N4O3S. The van der Waals surface area contributed by atoms with Crippen LogP contribution < -0.4 is 4.74 Å². The van der Waals surface area contributed by atoms with E-state index in [-0.39, 0.29) is 30.9 Å². The van der Waals surface area contributed by atoms with Crippen LogP contribution in [-0.2, 0) is 10.0 Å². The van der Waals surface area contributed by atoms with Gasteiger partial charge in [-0.3, -0.25) is 4.98 Å². The minimum absolute atomic E-state index is 0. The average Bonchev–Trinajstić information content (AvgIpc) is 2.88. The van der Waals surface area contributed by atoms with E-state index < -0.39 is 10.0 Å². The van der Waals surface area contributed by atoms with Crippen LogP contribution in [0.25, 0.3) is 10.8 Å². The average molecular weight is 552 g/mol. The SMILES string of the molecule is CN(C1CCN(CCCCOc2ccc(C#N)cc2)CC1)S(=O)(=O)c1cccc2cnccc12.Cl.Cl. The van der Waals surface area contributed by atoms with Crippen LogP contribution in [0.3, 0.4) is 0 Å². The number of halogens is 2. The highest BCUT2D eigenvalue weighted by atomic mass is 35.5. The summed E-state index contributed by atoms with van der Waals surface area (Å²) in [5.74, 6) is 0.784. The Hall–Kier alpha value is -2.41. The Labute approximate surface area is 225 Å². The number of hydrogen-bond donors (Lipinski definition) is 0. The van der Waals surface area contributed by atoms with E-state index >= 15 is 0 Å². The minimum Gasteiger partial charge on any atom is -0.494 e. The van der Waals surface area contributed by atoms with Crippen LogP contribution in [0.15, 0.2) is 65.8 Å². The van der Waals surface area contributed by atoms with Crippen molar-refractivity contribution in [2.75, 3.05) is 33.3 Å². The van der Waals surface area contributed by atoms with Crippen LogP contribution in [-0.4, -0.2) is 61.9 Å². The lowest BCUT2D eigenvalue weighted by Gasteiger charge is -2.36. The molecule has 0 bridgehead atoms. The third kappa shape index (κ3) is 7.09. The van der Waals surface area contributed by atoms with Gasteiger partial charge in [0.15, 0.2) is 0 Å². The van der Waals surface area contributed by atoms with E-state index in [1.54, 1.807) is 54.1 Å². The number of hydrogen-bond acceptors (Lipinski definition) is 6. The van der Waals surface area contributed by atoms with Crippen LogP contribution in [0.5, 0.6) is 5.75 Å². The summed E-state index contributed by atoms with van der Waals surface area (Å²) in [6, 6.07) is 16.4. The van der Waals surface area contributed by atoms with Gasteiger partial charge < -0.3 is 9.64 Å². The first-order valence-corrected chi connectivity index (χ1v) is 13.1. The van der Waals surface area contributed by atoms with Crippen molar-refractivity contribution in [2.24, 2.45) is 0 Å². The third-order valence-corrected chi connectivity index (χ3v) is 8.46. The molecule has 36 heavy (non-hydrogen) atoms. The Morgan fingerprint density at radius 3 is 2.50 bits per heavy atom. The maximum Gasteiger partial charge on any atom is 0.243 e. The van der Waals surface area contributed by atoms with Gasteiger partial charge in [-0.05, 0) is 81.7 Å². The molecule has 1 fully saturated rings. The molecule has 0 N–H and O–H groups in total. The summed E-state index contributed by atoms with van der Waals surface area (Å²) in [5, 5.41) is 10.4. The standard InChI is InChI=1S/C26H30N4O3S.2ClH/c1-29(34(31,32)26-6-4-5-22-20-28-14-11-25(22)26)23-12-16-30(17-13-23)15-2-3-18-33-24-9-7-21(19-27)8-10-24;;/h4-11,14,20,23H,2-3,12-13,15-18H2,1H3;2*1H. The van der Waals surface area contributed by atoms with Gasteiger partial charge in [0.2, 0.25) is 10.0 Å². The molecule has 0 radical (unpaired) electrons. The molecule has 2 heterocycles. The van der Waals surface area contributed by atoms with Crippen LogP contribution in [0, 0.1) is 11.3 Å². The number of aromatic nitrogens is 1. The van der Waals surface area contributed by atoms with Crippen molar-refractivity contribution >= 4 is 45.6 Å². The van der Waals surface area contributed by atoms with Gasteiger partial charge in [0.25, 0.3) is 0 Å². The van der Waals surface area contributed by atoms with Crippen LogP contribution in [0.1, 0.15) is 31.2 Å². The van der Waals surface area contributed by atoms with Crippen LogP contribution >= 0.6 is 24.8 Å². The van der Waals surface area contributed by atoms with E-state index in [1.165, 1.54) is 0 Å². The number of unbranched alkanes of at least 4 members (excludes halogenated alkanes) is 1. The number of benzene rings is 2. The van der Waals surface area contributed by atoms with Gasteiger partial charge in [-0.1, -0.05) is 12.1 Å². The molecule has 1 aliphatic heterocycles. The Morgan fingerprint density at radius 2 is 1.81 bits per heavy atom. The van der Waals surface area contributed by atoms with Crippen molar-refractivity contribution in [1.29, 1.82) is 5.26 Å². The molecule has 1 saturated heterocycles. The molecular weight excluding hydrogens is 519 g/mol. The fourth-order valence-electron chi connectivity index (χ4n) is 4.43. The zero-order chi connectivity index (χ0) is 24.0. The van der Waals surface area contributed by atoms with Gasteiger partial charge in [-0.15, -0.1) is 24.8 Å². The monoisotopic (exact) mass is 550 g/mol. The van der Waals surface area contributed by atoms with Crippen molar-refractivity contribution in [2.45, 2.75) is 36.6 Å². The van der Waals surface area contributed by atoms with Crippen LogP contribution in [0.4, 0.5) is 0 Å². The lowest BCUT2D eigenvalue weighted by atomic mass is 10.1. The van der Waals surface area contributed by atoms with Gasteiger partial charge >= 0.3 is 0 Å². The Bertz CT molecular complexity index is 1250. The summed E-state index contributed by atoms with van der Waals surface area (Å²) < 4.78 is 34.1. The van der Waals surface area contributed by atoms with Gasteiger partial charge in [0.1, 0.15) is 5.75 Å². The van der Waals surface area contributed by atoms with E-state index in [0.29, 0.717) is 22.5 Å². The predicted octanol–water partition coefficient (Wildman–Crippen LogP) is 4.89. The zero-order valence-electron chi connectivity index (χ0n) is 20.2. The smallest absolute Gasteiger partial charge is 0.243 e. The quantitative estimate of drug-likeness (QED) is 0.352. The maximum absolute atomic E-state index is 13.4. The van der Waals surface area contributed by atoms with Gasteiger partial charge in [-0.2, -0.15) is 9.57 Å². The highest BCUT2D eigenvalue weighted by Gasteiger charge is 2.31. The fraction of sp³-hybridized carbons (Fsp3) is 0.385. The molecule has 0 saturated carbocycles. The second-order valence-electron chi connectivity index (χ2n) is 8.64. The summed E-state index contributed by atoms with van der Waals surface area (Å²) in [6.45, 7) is 3.40. The van der Waals surface area contributed by atoms with Gasteiger partial charge in [0, 0.05) is 36.3 Å². The largest absolute Gasteiger partial charge is 0.494 e.